The molecule has 0 N–H and O–H groups in total. The average molecular weight is 381 g/mol. The molecule has 0 aromatic heterocycles. The molecule has 3 nitrogen and oxygen atoms in total. The number of nitrogens with zero attached hydrogens (tertiary/aromatic N) is 1. The Bertz CT molecular complexity index is 715. The van der Waals surface area contributed by atoms with Gasteiger partial charge in [-0.2, -0.15) is 0 Å². The van der Waals surface area contributed by atoms with Gasteiger partial charge in [-0.05, 0) is 43.2 Å². The van der Waals surface area contributed by atoms with E-state index in [4.69, 9.17) is 10.1 Å². The maximum Gasteiger partial charge on any atom is 0.152 e. The van der Waals surface area contributed by atoms with E-state index in [0.717, 1.165) is 35.4 Å². The second kappa shape index (κ2) is 12.4. The summed E-state index contributed by atoms with van der Waals surface area (Å²) in [6.07, 6.45) is 16.4. The third kappa shape index (κ3) is 7.85. The van der Waals surface area contributed by atoms with Crippen molar-refractivity contribution in [3.8, 4) is 5.75 Å². The summed E-state index contributed by atoms with van der Waals surface area (Å²) >= 11 is 0. The Morgan fingerprint density at radius 3 is 2.54 bits per heavy atom. The van der Waals surface area contributed by atoms with Crippen molar-refractivity contribution in [1.29, 1.82) is 0 Å². The first-order chi connectivity index (χ1) is 13.6. The summed E-state index contributed by atoms with van der Waals surface area (Å²) in [7, 11) is 0. The van der Waals surface area contributed by atoms with E-state index in [1.165, 1.54) is 38.5 Å². The van der Waals surface area contributed by atoms with E-state index >= 15 is 0 Å². The summed E-state index contributed by atoms with van der Waals surface area (Å²) in [5.41, 5.74) is 3.02. The zero-order valence-electron chi connectivity index (χ0n) is 17.6. The number of carbonyl (C=O) groups is 1. The zero-order valence-corrected chi connectivity index (χ0v) is 17.6. The summed E-state index contributed by atoms with van der Waals surface area (Å²) in [6, 6.07) is 8.04. The molecule has 3 heteroatoms. The molecule has 1 heterocycles. The van der Waals surface area contributed by atoms with Gasteiger partial charge in [0.05, 0.1) is 0 Å². The standard InChI is InChI=1S/C25H34NO2/c1-4-5-6-7-8-9-12-17-26-25-23(16-15-20(2)18-21(3)27)19-22-13-10-11-14-24(22)28-25/h10-11,13-16,18-19,25H,4-9,12,17H2,1-3H3/q-1/b16-15+,20-18+. The van der Waals surface area contributed by atoms with Crippen LogP contribution < -0.4 is 4.74 Å². The fourth-order valence-corrected chi connectivity index (χ4v) is 3.29. The van der Waals surface area contributed by atoms with Gasteiger partial charge in [0.1, 0.15) is 5.75 Å². The molecule has 1 aromatic rings. The van der Waals surface area contributed by atoms with Crippen LogP contribution in [0.2, 0.25) is 0 Å². The lowest BCUT2D eigenvalue weighted by molar-refractivity contribution is -0.112. The predicted molar refractivity (Wildman–Crippen MR) is 119 cm³/mol. The van der Waals surface area contributed by atoms with E-state index < -0.39 is 0 Å². The number of benzene rings is 1. The Labute approximate surface area is 170 Å². The number of ether oxygens (including phenoxy) is 1. The number of allylic oxidation sites excluding steroid dienone is 3. The Balaban J connectivity index is 1.93. The van der Waals surface area contributed by atoms with Gasteiger partial charge in [-0.3, -0.25) is 4.79 Å². The predicted octanol–water partition coefficient (Wildman–Crippen LogP) is 7.00. The summed E-state index contributed by atoms with van der Waals surface area (Å²) in [4.78, 5) is 11.3. The lowest BCUT2D eigenvalue weighted by Gasteiger charge is -2.36. The Morgan fingerprint density at radius 2 is 1.79 bits per heavy atom. The number of ketones is 1. The monoisotopic (exact) mass is 380 g/mol. The van der Waals surface area contributed by atoms with Crippen molar-refractivity contribution in [2.75, 3.05) is 6.54 Å². The quantitative estimate of drug-likeness (QED) is 0.222. The highest BCUT2D eigenvalue weighted by Gasteiger charge is 2.13. The van der Waals surface area contributed by atoms with Crippen molar-refractivity contribution in [3.63, 3.8) is 0 Å². The smallest absolute Gasteiger partial charge is 0.152 e. The van der Waals surface area contributed by atoms with Crippen molar-refractivity contribution in [1.82, 2.24) is 0 Å². The molecule has 152 valence electrons. The second-order valence-electron chi connectivity index (χ2n) is 7.51. The number of carbonyl (C=O) groups excluding carboxylic acids is 1. The van der Waals surface area contributed by atoms with Crippen molar-refractivity contribution in [2.45, 2.75) is 71.9 Å². The van der Waals surface area contributed by atoms with Gasteiger partial charge in [-0.15, -0.1) is 6.54 Å². The fourth-order valence-electron chi connectivity index (χ4n) is 3.29. The van der Waals surface area contributed by atoms with Crippen molar-refractivity contribution >= 4 is 11.9 Å². The number of hydrogen-bond donors (Lipinski definition) is 0. The van der Waals surface area contributed by atoms with Crippen LogP contribution in [0.4, 0.5) is 0 Å². The van der Waals surface area contributed by atoms with E-state index in [1.54, 1.807) is 13.0 Å². The molecule has 1 aliphatic heterocycles. The maximum atomic E-state index is 11.3. The van der Waals surface area contributed by atoms with Gasteiger partial charge in [0.2, 0.25) is 0 Å². The Hall–Kier alpha value is -2.13. The highest BCUT2D eigenvalue weighted by molar-refractivity contribution is 5.88. The highest BCUT2D eigenvalue weighted by atomic mass is 16.5. The molecule has 0 saturated heterocycles. The third-order valence-corrected chi connectivity index (χ3v) is 4.79. The van der Waals surface area contributed by atoms with Crippen LogP contribution in [0.25, 0.3) is 11.4 Å². The lowest BCUT2D eigenvalue weighted by Crippen LogP contribution is -2.21. The molecule has 1 unspecified atom stereocenters. The number of unbranched alkanes of at least 4 members (excludes halogenated alkanes) is 6. The van der Waals surface area contributed by atoms with Crippen LogP contribution >= 0.6 is 0 Å². The molecule has 0 saturated carbocycles. The van der Waals surface area contributed by atoms with Crippen LogP contribution in [0.3, 0.4) is 0 Å². The number of fused-ring (bicyclic) bond motifs is 1. The van der Waals surface area contributed by atoms with E-state index in [0.29, 0.717) is 0 Å². The minimum Gasteiger partial charge on any atom is -0.622 e. The van der Waals surface area contributed by atoms with E-state index in [2.05, 4.69) is 13.0 Å². The van der Waals surface area contributed by atoms with Crippen molar-refractivity contribution < 1.29 is 9.53 Å². The molecule has 0 bridgehead atoms. The van der Waals surface area contributed by atoms with Crippen LogP contribution in [0, 0.1) is 0 Å². The molecule has 1 aromatic carbocycles. The van der Waals surface area contributed by atoms with Crippen LogP contribution in [-0.4, -0.2) is 18.6 Å². The van der Waals surface area contributed by atoms with Crippen molar-refractivity contribution in [2.24, 2.45) is 0 Å². The minimum absolute atomic E-state index is 0.0570. The molecule has 0 fully saturated rings. The van der Waals surface area contributed by atoms with Gasteiger partial charge in [0, 0.05) is 11.8 Å². The molecule has 1 aliphatic rings. The molecular weight excluding hydrogens is 346 g/mol. The van der Waals surface area contributed by atoms with Gasteiger partial charge in [0.15, 0.2) is 5.78 Å². The molecule has 0 amide bonds. The minimum atomic E-state index is -0.281. The zero-order chi connectivity index (χ0) is 20.2. The summed E-state index contributed by atoms with van der Waals surface area (Å²) in [5, 5.41) is 4.81. The Morgan fingerprint density at radius 1 is 1.07 bits per heavy atom. The largest absolute Gasteiger partial charge is 0.622 e. The van der Waals surface area contributed by atoms with Gasteiger partial charge in [-0.25, -0.2) is 0 Å². The summed E-state index contributed by atoms with van der Waals surface area (Å²) in [5.74, 6) is 0.936. The summed E-state index contributed by atoms with van der Waals surface area (Å²) in [6.45, 7) is 6.56. The van der Waals surface area contributed by atoms with Gasteiger partial charge in [-0.1, -0.05) is 82.2 Å². The van der Waals surface area contributed by atoms with E-state index in [1.807, 2.05) is 43.3 Å². The van der Waals surface area contributed by atoms with Crippen LogP contribution in [0.1, 0.15) is 71.3 Å². The molecule has 2 rings (SSSR count). The topological polar surface area (TPSA) is 40.4 Å². The average Bonchev–Trinajstić information content (AvgIpc) is 2.67. The molecular formula is C25H34NO2-. The first-order valence-corrected chi connectivity index (χ1v) is 10.6. The molecule has 28 heavy (non-hydrogen) atoms. The van der Waals surface area contributed by atoms with Crippen molar-refractivity contribution in [3.05, 3.63) is 64.5 Å². The van der Waals surface area contributed by atoms with Crippen LogP contribution in [-0.2, 0) is 4.79 Å². The fraction of sp³-hybridized carbons (Fsp3) is 0.480. The molecule has 0 aliphatic carbocycles. The maximum absolute atomic E-state index is 11.3. The van der Waals surface area contributed by atoms with Crippen LogP contribution in [0.15, 0.2) is 53.6 Å². The second-order valence-corrected chi connectivity index (χ2v) is 7.51. The van der Waals surface area contributed by atoms with Gasteiger partial charge < -0.3 is 10.1 Å². The molecule has 0 spiro atoms. The number of para-hydroxylation sites is 1. The third-order valence-electron chi connectivity index (χ3n) is 4.79. The lowest BCUT2D eigenvalue weighted by atomic mass is 10.0. The SMILES string of the molecule is CCCCCCCCC[N-]C1Oc2ccccc2C=C1/C=C/C(C)=C/C(C)=O. The van der Waals surface area contributed by atoms with Crippen LogP contribution in [0.5, 0.6) is 5.75 Å². The highest BCUT2D eigenvalue weighted by Crippen LogP contribution is 2.32. The normalized spacial score (nSPS) is 16.6. The molecule has 1 atom stereocenters. The summed E-state index contributed by atoms with van der Waals surface area (Å²) < 4.78 is 6.14. The Kier molecular flexibility index (Phi) is 9.78. The number of hydrogen-bond acceptors (Lipinski definition) is 2. The molecule has 0 radical (unpaired) electrons. The van der Waals surface area contributed by atoms with E-state index in [-0.39, 0.29) is 12.0 Å². The first-order valence-electron chi connectivity index (χ1n) is 10.6. The number of rotatable bonds is 12. The first kappa shape index (κ1) is 22.2. The van der Waals surface area contributed by atoms with Gasteiger partial charge >= 0.3 is 0 Å². The van der Waals surface area contributed by atoms with Gasteiger partial charge in [0.25, 0.3) is 0 Å². The van der Waals surface area contributed by atoms with E-state index in [9.17, 15) is 4.79 Å².